The lowest BCUT2D eigenvalue weighted by Crippen LogP contribution is -2.57. The van der Waals surface area contributed by atoms with E-state index in [1.54, 1.807) is 25.7 Å². The number of amides is 3. The van der Waals surface area contributed by atoms with Crippen LogP contribution in [-0.4, -0.2) is 125 Å². The number of aliphatic hydroxyl groups excluding tert-OH is 1. The van der Waals surface area contributed by atoms with Crippen LogP contribution in [0.25, 0.3) is 0 Å². The summed E-state index contributed by atoms with van der Waals surface area (Å²) >= 11 is 0. The third-order valence-corrected chi connectivity index (χ3v) is 8.94. The van der Waals surface area contributed by atoms with Gasteiger partial charge in [0.2, 0.25) is 5.91 Å². The molecule has 0 saturated carbocycles. The van der Waals surface area contributed by atoms with Crippen LogP contribution >= 0.6 is 0 Å². The summed E-state index contributed by atoms with van der Waals surface area (Å²) in [7, 11) is 1.88. The highest BCUT2D eigenvalue weighted by Crippen LogP contribution is 2.47. The quantitative estimate of drug-likeness (QED) is 0.169. The van der Waals surface area contributed by atoms with Gasteiger partial charge >= 0.3 is 36.2 Å². The van der Waals surface area contributed by atoms with Gasteiger partial charge in [0.25, 0.3) is 0 Å². The van der Waals surface area contributed by atoms with Gasteiger partial charge in [0.15, 0.2) is 0 Å². The van der Waals surface area contributed by atoms with Crippen molar-refractivity contribution < 1.29 is 69.2 Å². The van der Waals surface area contributed by atoms with Crippen molar-refractivity contribution in [2.24, 2.45) is 0 Å². The van der Waals surface area contributed by atoms with Crippen LogP contribution in [0.5, 0.6) is 0 Å². The monoisotopic (exact) mass is 753 g/mol. The summed E-state index contributed by atoms with van der Waals surface area (Å²) < 4.78 is 103. The number of aliphatic hydroxyl groups is 1. The van der Waals surface area contributed by atoms with Crippen LogP contribution in [-0.2, 0) is 23.8 Å². The van der Waals surface area contributed by atoms with E-state index in [2.05, 4.69) is 4.74 Å². The van der Waals surface area contributed by atoms with Crippen molar-refractivity contribution in [3.8, 4) is 0 Å². The average molecular weight is 754 g/mol. The maximum absolute atomic E-state index is 13.2. The summed E-state index contributed by atoms with van der Waals surface area (Å²) in [5, 5.41) is 9.31. The molecule has 0 aromatic rings. The number of piperidine rings is 2. The molecule has 11 nitrogen and oxygen atoms in total. The minimum Gasteiger partial charge on any atom is -0.458 e. The lowest BCUT2D eigenvalue weighted by molar-refractivity contribution is -0.349. The van der Waals surface area contributed by atoms with Crippen LogP contribution in [0, 0.1) is 0 Å². The predicted octanol–water partition coefficient (Wildman–Crippen LogP) is 6.94. The largest absolute Gasteiger partial charge is 0.460 e. The van der Waals surface area contributed by atoms with E-state index in [0.29, 0.717) is 38.3 Å². The maximum Gasteiger partial charge on any atom is 0.460 e. The first-order valence-corrected chi connectivity index (χ1v) is 17.2. The van der Waals surface area contributed by atoms with Gasteiger partial charge in [-0.1, -0.05) is 20.3 Å². The van der Waals surface area contributed by atoms with Crippen LogP contribution in [0.3, 0.4) is 0 Å². The van der Waals surface area contributed by atoms with Gasteiger partial charge in [-0.15, -0.1) is 0 Å². The second-order valence-electron chi connectivity index (χ2n) is 14.0. The Balaban J connectivity index is 0.000000448. The van der Waals surface area contributed by atoms with Gasteiger partial charge in [0, 0.05) is 59.0 Å². The molecule has 3 aliphatic heterocycles. The zero-order valence-corrected chi connectivity index (χ0v) is 30.6. The van der Waals surface area contributed by atoms with Crippen molar-refractivity contribution in [2.75, 3.05) is 39.8 Å². The SMILES string of the molecule is CCC(C)(C)OC(=O)N1CCC(O)CC1.CCC(C)(C)OC(=O)N1CCC(OC(=O)C(F)(F)C(F)(F)C(F)(F)F)CC1.CN1CCCCCC1=O. The lowest BCUT2D eigenvalue weighted by atomic mass is 10.1. The van der Waals surface area contributed by atoms with Crippen LogP contribution in [0.15, 0.2) is 0 Å². The fourth-order valence-corrected chi connectivity index (χ4v) is 4.60. The number of esters is 1. The molecule has 0 spiro atoms. The molecule has 3 saturated heterocycles. The highest BCUT2D eigenvalue weighted by atomic mass is 19.4. The van der Waals surface area contributed by atoms with E-state index in [9.17, 15) is 55.0 Å². The molecule has 1 N–H and O–H groups in total. The zero-order valence-electron chi connectivity index (χ0n) is 30.6. The molecule has 3 fully saturated rings. The number of alkyl halides is 7. The normalized spacial score (nSPS) is 18.8. The van der Waals surface area contributed by atoms with Crippen molar-refractivity contribution >= 4 is 24.1 Å². The molecule has 3 aliphatic rings. The molecule has 0 unspecified atom stereocenters. The van der Waals surface area contributed by atoms with Gasteiger partial charge < -0.3 is 34.0 Å². The summed E-state index contributed by atoms with van der Waals surface area (Å²) in [6, 6.07) is 0. The summed E-state index contributed by atoms with van der Waals surface area (Å²) in [4.78, 5) is 50.5. The van der Waals surface area contributed by atoms with E-state index >= 15 is 0 Å². The average Bonchev–Trinajstić information content (AvgIpc) is 3.23. The van der Waals surface area contributed by atoms with Crippen LogP contribution < -0.4 is 0 Å². The number of nitrogens with zero attached hydrogens (tertiary/aromatic N) is 3. The number of hydrogen-bond acceptors (Lipinski definition) is 8. The van der Waals surface area contributed by atoms with E-state index < -0.39 is 47.4 Å². The first-order valence-electron chi connectivity index (χ1n) is 17.2. The highest BCUT2D eigenvalue weighted by Gasteiger charge is 2.77. The Morgan fingerprint density at radius 2 is 1.16 bits per heavy atom. The fourth-order valence-electron chi connectivity index (χ4n) is 4.60. The highest BCUT2D eigenvalue weighted by molar-refractivity contribution is 5.79. The van der Waals surface area contributed by atoms with Crippen molar-refractivity contribution in [1.29, 1.82) is 0 Å². The summed E-state index contributed by atoms with van der Waals surface area (Å²) in [5.74, 6) is -15.3. The predicted molar refractivity (Wildman–Crippen MR) is 171 cm³/mol. The Kier molecular flexibility index (Phi) is 17.3. The molecule has 51 heavy (non-hydrogen) atoms. The lowest BCUT2D eigenvalue weighted by Gasteiger charge is -2.34. The Morgan fingerprint density at radius 3 is 1.57 bits per heavy atom. The number of rotatable bonds is 7. The van der Waals surface area contributed by atoms with E-state index in [4.69, 9.17) is 9.47 Å². The van der Waals surface area contributed by atoms with Gasteiger partial charge in [0.1, 0.15) is 17.3 Å². The summed E-state index contributed by atoms with van der Waals surface area (Å²) in [5.41, 5.74) is -1.14. The molecule has 0 atom stereocenters. The third-order valence-electron chi connectivity index (χ3n) is 8.94. The van der Waals surface area contributed by atoms with E-state index in [0.717, 1.165) is 25.8 Å². The van der Waals surface area contributed by atoms with Gasteiger partial charge in [0.05, 0.1) is 6.10 Å². The molecular weight excluding hydrogens is 699 g/mol. The second-order valence-corrected chi connectivity index (χ2v) is 14.0. The second kappa shape index (κ2) is 19.1. The molecule has 18 heteroatoms. The van der Waals surface area contributed by atoms with E-state index in [1.807, 2.05) is 32.7 Å². The summed E-state index contributed by atoms with van der Waals surface area (Å²) in [6.45, 7) is 12.9. The third kappa shape index (κ3) is 14.5. The molecule has 3 heterocycles. The molecule has 298 valence electrons. The molecule has 0 aromatic carbocycles. The molecule has 3 rings (SSSR count). The molecule has 0 aliphatic carbocycles. The number of halogens is 7. The first kappa shape index (κ1) is 46.0. The topological polar surface area (TPSA) is 126 Å². The Labute approximate surface area is 295 Å². The minimum atomic E-state index is -6.62. The molecule has 0 radical (unpaired) electrons. The maximum atomic E-state index is 13.2. The minimum absolute atomic E-state index is 0.0994. The number of carbonyl (C=O) groups excluding carboxylic acids is 4. The standard InChI is InChI=1S/C15H20F7NO4.C11H21NO3.C7H13NO/c1-4-12(2,3)27-11(25)23-7-5-9(6-8-23)26-10(24)13(16,17)14(18,19)15(20,21)22;1-4-11(2,3)15-10(14)12-7-5-9(13)6-8-12;1-8-6-4-2-3-5-7(8)9/h9H,4-8H2,1-3H3;9,13H,4-8H2,1-3H3;2-6H2,1H3. The van der Waals surface area contributed by atoms with Crippen molar-refractivity contribution in [3.05, 3.63) is 0 Å². The first-order chi connectivity index (χ1) is 23.3. The van der Waals surface area contributed by atoms with Crippen molar-refractivity contribution in [1.82, 2.24) is 14.7 Å². The van der Waals surface area contributed by atoms with Crippen molar-refractivity contribution in [2.45, 2.75) is 147 Å². The van der Waals surface area contributed by atoms with Gasteiger partial charge in [-0.05, 0) is 66.2 Å². The van der Waals surface area contributed by atoms with Crippen LogP contribution in [0.4, 0.5) is 40.3 Å². The smallest absolute Gasteiger partial charge is 0.458 e. The molecule has 3 amide bonds. The van der Waals surface area contributed by atoms with Crippen molar-refractivity contribution in [3.63, 3.8) is 0 Å². The number of likely N-dealkylation sites (tertiary alicyclic amines) is 3. The van der Waals surface area contributed by atoms with E-state index in [-0.39, 0.29) is 38.1 Å². The Morgan fingerprint density at radius 1 is 0.725 bits per heavy atom. The van der Waals surface area contributed by atoms with Gasteiger partial charge in [-0.3, -0.25) is 4.79 Å². The Bertz CT molecular complexity index is 1140. The van der Waals surface area contributed by atoms with Gasteiger partial charge in [-0.25, -0.2) is 14.4 Å². The number of hydrogen-bond donors (Lipinski definition) is 1. The number of ether oxygens (including phenoxy) is 3. The summed E-state index contributed by atoms with van der Waals surface area (Å²) in [6.07, 6.45) is -2.68. The molecule has 0 aromatic heterocycles. The Hall–Kier alpha value is -3.05. The molecule has 0 bridgehead atoms. The molecular formula is C33H54F7N3O8. The number of carbonyl (C=O) groups is 4. The van der Waals surface area contributed by atoms with E-state index in [1.165, 1.54) is 17.7 Å². The van der Waals surface area contributed by atoms with Gasteiger partial charge in [-0.2, -0.15) is 30.7 Å². The van der Waals surface area contributed by atoms with Crippen LogP contribution in [0.2, 0.25) is 0 Å². The van der Waals surface area contributed by atoms with Crippen LogP contribution in [0.1, 0.15) is 106 Å². The fraction of sp³-hybridized carbons (Fsp3) is 0.879. The zero-order chi connectivity index (χ0) is 39.4.